The van der Waals surface area contributed by atoms with Gasteiger partial charge in [-0.1, -0.05) is 110 Å². The van der Waals surface area contributed by atoms with E-state index in [4.69, 9.17) is 0 Å². The van der Waals surface area contributed by atoms with Crippen LogP contribution in [-0.2, 0) is 6.42 Å². The fourth-order valence-electron chi connectivity index (χ4n) is 7.94. The Hall–Kier alpha value is -6.00. The number of aryl methyl sites for hydroxylation is 1. The van der Waals surface area contributed by atoms with Gasteiger partial charge in [-0.3, -0.25) is 0 Å². The lowest BCUT2D eigenvalue weighted by molar-refractivity contribution is 0.795. The lowest BCUT2D eigenvalue weighted by atomic mass is 9.33. The minimum Gasteiger partial charge on any atom is -0.311 e. The van der Waals surface area contributed by atoms with Crippen LogP contribution in [-0.4, -0.2) is 6.71 Å². The topological polar surface area (TPSA) is 9.72 Å². The van der Waals surface area contributed by atoms with E-state index in [0.29, 0.717) is 0 Å². The molecule has 0 aliphatic carbocycles. The summed E-state index contributed by atoms with van der Waals surface area (Å²) in [5.41, 5.74) is 16.0. The van der Waals surface area contributed by atoms with Crippen LogP contribution in [0, 0.1) is 0 Å². The molecule has 2 aliphatic rings. The minimum atomic E-state index is 0.0865. The van der Waals surface area contributed by atoms with Gasteiger partial charge >= 0.3 is 0 Å². The molecule has 0 bridgehead atoms. The molecule has 0 N–H and O–H groups in total. The molecule has 3 nitrogen and oxygen atoms in total. The van der Waals surface area contributed by atoms with Crippen LogP contribution in [0.2, 0.25) is 0 Å². The Kier molecular flexibility index (Phi) is 7.70. The Bertz CT molecular complexity index is 2230. The maximum atomic E-state index is 2.50. The first-order valence-corrected chi connectivity index (χ1v) is 17.8. The van der Waals surface area contributed by atoms with E-state index in [0.717, 1.165) is 23.5 Å². The number of para-hydroxylation sites is 4. The van der Waals surface area contributed by atoms with Gasteiger partial charge in [0.25, 0.3) is 6.71 Å². The van der Waals surface area contributed by atoms with E-state index in [-0.39, 0.29) is 6.71 Å². The molecule has 0 atom stereocenters. The third-order valence-corrected chi connectivity index (χ3v) is 10.2. The number of hydrogen-bond donors (Lipinski definition) is 0. The van der Waals surface area contributed by atoms with Crippen molar-refractivity contribution in [3.63, 3.8) is 0 Å². The number of nitrogens with zero attached hydrogens (tertiary/aromatic N) is 3. The molecule has 0 fully saturated rings. The van der Waals surface area contributed by atoms with Gasteiger partial charge in [0.15, 0.2) is 0 Å². The molecule has 0 radical (unpaired) electrons. The van der Waals surface area contributed by atoms with E-state index < -0.39 is 0 Å². The molecule has 240 valence electrons. The van der Waals surface area contributed by atoms with Crippen molar-refractivity contribution < 1.29 is 0 Å². The number of fused-ring (bicyclic) bond motifs is 4. The molecule has 7 aromatic carbocycles. The second-order valence-corrected chi connectivity index (χ2v) is 13.2. The van der Waals surface area contributed by atoms with Crippen LogP contribution in [0.3, 0.4) is 0 Å². The fourth-order valence-corrected chi connectivity index (χ4v) is 7.94. The van der Waals surface area contributed by atoms with Crippen LogP contribution in [0.15, 0.2) is 176 Å². The zero-order chi connectivity index (χ0) is 33.4. The Morgan fingerprint density at radius 3 is 1.66 bits per heavy atom. The third-order valence-electron chi connectivity index (χ3n) is 10.2. The maximum Gasteiger partial charge on any atom is 0.252 e. The Labute approximate surface area is 295 Å². The number of hydrogen-bond acceptors (Lipinski definition) is 3. The summed E-state index contributed by atoms with van der Waals surface area (Å²) in [7, 11) is 0. The first-order chi connectivity index (χ1) is 24.8. The summed E-state index contributed by atoms with van der Waals surface area (Å²) in [4.78, 5) is 7.32. The van der Waals surface area contributed by atoms with Gasteiger partial charge in [-0.15, -0.1) is 0 Å². The largest absolute Gasteiger partial charge is 0.311 e. The molecule has 2 aliphatic heterocycles. The van der Waals surface area contributed by atoms with E-state index in [9.17, 15) is 0 Å². The zero-order valence-electron chi connectivity index (χ0n) is 28.3. The normalized spacial score (nSPS) is 12.6. The summed E-state index contributed by atoms with van der Waals surface area (Å²) < 4.78 is 0. The average molecular weight is 644 g/mol. The van der Waals surface area contributed by atoms with E-state index >= 15 is 0 Å². The highest BCUT2D eigenvalue weighted by Crippen LogP contribution is 2.45. The lowest BCUT2D eigenvalue weighted by Gasteiger charge is -2.44. The van der Waals surface area contributed by atoms with Gasteiger partial charge in [-0.05, 0) is 114 Å². The number of unbranched alkanes of at least 4 members (excludes halogenated alkanes) is 1. The predicted molar refractivity (Wildman–Crippen MR) is 214 cm³/mol. The van der Waals surface area contributed by atoms with Gasteiger partial charge in [0.05, 0.1) is 0 Å². The highest BCUT2D eigenvalue weighted by molar-refractivity contribution is 7.00. The van der Waals surface area contributed by atoms with Crippen molar-refractivity contribution in [1.82, 2.24) is 0 Å². The fraction of sp³-hybridized carbons (Fsp3) is 0.0870. The molecular formula is C46H38BN3. The number of benzene rings is 7. The number of anilines is 9. The molecule has 0 amide bonds. The summed E-state index contributed by atoms with van der Waals surface area (Å²) in [6.07, 6.45) is 3.50. The van der Waals surface area contributed by atoms with Crippen LogP contribution >= 0.6 is 0 Å². The molecule has 50 heavy (non-hydrogen) atoms. The van der Waals surface area contributed by atoms with Crippen LogP contribution in [0.4, 0.5) is 51.2 Å². The van der Waals surface area contributed by atoms with Crippen molar-refractivity contribution in [2.24, 2.45) is 0 Å². The van der Waals surface area contributed by atoms with E-state index in [2.05, 4.69) is 198 Å². The van der Waals surface area contributed by atoms with E-state index in [1.54, 1.807) is 0 Å². The van der Waals surface area contributed by atoms with Crippen LogP contribution < -0.4 is 31.1 Å². The highest BCUT2D eigenvalue weighted by atomic mass is 15.2. The van der Waals surface area contributed by atoms with E-state index in [1.165, 1.54) is 68.9 Å². The molecule has 0 unspecified atom stereocenters. The summed E-state index contributed by atoms with van der Waals surface area (Å²) in [5.74, 6) is 0. The van der Waals surface area contributed by atoms with Gasteiger partial charge in [0.1, 0.15) is 0 Å². The monoisotopic (exact) mass is 643 g/mol. The van der Waals surface area contributed by atoms with Crippen molar-refractivity contribution in [2.45, 2.75) is 26.2 Å². The van der Waals surface area contributed by atoms with Crippen molar-refractivity contribution in [3.8, 4) is 0 Å². The van der Waals surface area contributed by atoms with Gasteiger partial charge in [-0.2, -0.15) is 0 Å². The van der Waals surface area contributed by atoms with Crippen molar-refractivity contribution in [2.75, 3.05) is 14.7 Å². The SMILES string of the molecule is CCCCc1ccc(N2c3cc(N(c4ccccc4)c4ccccc4)ccc3B3c4ccccc4N(c4ccccc4)c4cccc2c43)cc1. The Morgan fingerprint density at radius 1 is 0.460 bits per heavy atom. The van der Waals surface area contributed by atoms with E-state index in [1.807, 2.05) is 0 Å². The highest BCUT2D eigenvalue weighted by Gasteiger charge is 2.43. The average Bonchev–Trinajstić information content (AvgIpc) is 3.18. The molecule has 7 aromatic rings. The summed E-state index contributed by atoms with van der Waals surface area (Å²) in [5, 5.41) is 0. The lowest BCUT2D eigenvalue weighted by Crippen LogP contribution is -2.61. The van der Waals surface area contributed by atoms with Gasteiger partial charge in [0, 0.05) is 51.2 Å². The molecule has 0 saturated carbocycles. The quantitative estimate of drug-likeness (QED) is 0.153. The summed E-state index contributed by atoms with van der Waals surface area (Å²) in [6, 6.07) is 64.4. The molecule has 2 heterocycles. The predicted octanol–water partition coefficient (Wildman–Crippen LogP) is 10.6. The molecule has 0 aromatic heterocycles. The molecule has 0 spiro atoms. The molecule has 4 heteroatoms. The molecule has 9 rings (SSSR count). The van der Waals surface area contributed by atoms with Gasteiger partial charge < -0.3 is 14.7 Å². The van der Waals surface area contributed by atoms with Gasteiger partial charge in [0.2, 0.25) is 0 Å². The molecule has 0 saturated heterocycles. The van der Waals surface area contributed by atoms with Crippen molar-refractivity contribution in [1.29, 1.82) is 0 Å². The zero-order valence-corrected chi connectivity index (χ0v) is 28.3. The maximum absolute atomic E-state index is 2.50. The van der Waals surface area contributed by atoms with Gasteiger partial charge in [-0.25, -0.2) is 0 Å². The summed E-state index contributed by atoms with van der Waals surface area (Å²) in [6.45, 7) is 2.35. The number of rotatable bonds is 8. The molecular weight excluding hydrogens is 605 g/mol. The Balaban J connectivity index is 1.29. The third kappa shape index (κ3) is 5.07. The van der Waals surface area contributed by atoms with Crippen LogP contribution in [0.1, 0.15) is 25.3 Å². The van der Waals surface area contributed by atoms with Crippen LogP contribution in [0.5, 0.6) is 0 Å². The van der Waals surface area contributed by atoms with Crippen LogP contribution in [0.25, 0.3) is 0 Å². The first kappa shape index (κ1) is 30.1. The smallest absolute Gasteiger partial charge is 0.252 e. The minimum absolute atomic E-state index is 0.0865. The van der Waals surface area contributed by atoms with Crippen molar-refractivity contribution >= 4 is 74.3 Å². The Morgan fingerprint density at radius 2 is 1.00 bits per heavy atom. The second-order valence-electron chi connectivity index (χ2n) is 13.2. The van der Waals surface area contributed by atoms with Crippen molar-refractivity contribution in [3.05, 3.63) is 181 Å². The standard InChI is InChI=1S/C46H38BN3/c1-2-3-16-34-27-29-38(30-28-34)50-44-26-15-25-43-46(44)47(40-23-13-14-24-42(40)49(43)37-21-11-6-12-22-37)41-32-31-39(33-45(41)50)48(35-17-7-4-8-18-35)36-19-9-5-10-20-36/h4-15,17-33H,2-3,16H2,1H3. The first-order valence-electron chi connectivity index (χ1n) is 17.8. The second kappa shape index (κ2) is 12.8. The summed E-state index contributed by atoms with van der Waals surface area (Å²) >= 11 is 0.